The number of aromatic nitrogens is 2. The number of amides is 2. The Kier molecular flexibility index (Phi) is 6.59. The maximum atomic E-state index is 12.7. The molecule has 2 aliphatic heterocycles. The second kappa shape index (κ2) is 9.52. The summed E-state index contributed by atoms with van der Waals surface area (Å²) in [5.41, 5.74) is 0. The number of nitrogens with zero attached hydrogens (tertiary/aromatic N) is 5. The maximum Gasteiger partial charge on any atom is 0.236 e. The molecule has 0 spiro atoms. The minimum Gasteiger partial charge on any atom is -0.356 e. The van der Waals surface area contributed by atoms with Crippen molar-refractivity contribution >= 4 is 17.8 Å². The average molecular weight is 401 g/mol. The van der Waals surface area contributed by atoms with Crippen molar-refractivity contribution in [2.45, 2.75) is 32.1 Å². The van der Waals surface area contributed by atoms with Crippen molar-refractivity contribution in [3.8, 4) is 0 Å². The smallest absolute Gasteiger partial charge is 0.236 e. The van der Waals surface area contributed by atoms with Crippen molar-refractivity contribution in [1.82, 2.24) is 25.1 Å². The van der Waals surface area contributed by atoms with Crippen LogP contribution in [0.2, 0.25) is 0 Å². The Bertz CT molecular complexity index is 680. The van der Waals surface area contributed by atoms with Crippen molar-refractivity contribution in [3.63, 3.8) is 0 Å². The first-order chi connectivity index (χ1) is 14.2. The molecular weight excluding hydrogens is 368 g/mol. The van der Waals surface area contributed by atoms with Gasteiger partial charge >= 0.3 is 0 Å². The fourth-order valence-corrected chi connectivity index (χ4v) is 4.30. The maximum absolute atomic E-state index is 12.7. The third kappa shape index (κ3) is 5.23. The van der Waals surface area contributed by atoms with Gasteiger partial charge < -0.3 is 15.1 Å². The fourth-order valence-electron chi connectivity index (χ4n) is 4.30. The molecular formula is C21H32N6O2. The first kappa shape index (κ1) is 20.1. The number of nitrogens with one attached hydrogen (secondary N) is 1. The molecule has 4 rings (SSSR count). The summed E-state index contributed by atoms with van der Waals surface area (Å²) in [5.74, 6) is 1.98. The molecule has 3 aliphatic rings. The molecule has 1 saturated carbocycles. The number of rotatable bonds is 6. The van der Waals surface area contributed by atoms with E-state index in [4.69, 9.17) is 0 Å². The van der Waals surface area contributed by atoms with Crippen LogP contribution in [0.1, 0.15) is 32.1 Å². The lowest BCUT2D eigenvalue weighted by molar-refractivity contribution is -0.134. The largest absolute Gasteiger partial charge is 0.356 e. The van der Waals surface area contributed by atoms with Crippen LogP contribution in [0.5, 0.6) is 0 Å². The summed E-state index contributed by atoms with van der Waals surface area (Å²) in [6.07, 6.45) is 8.78. The molecule has 0 aromatic carbocycles. The monoisotopic (exact) mass is 400 g/mol. The quantitative estimate of drug-likeness (QED) is 0.759. The summed E-state index contributed by atoms with van der Waals surface area (Å²) in [4.78, 5) is 39.7. The van der Waals surface area contributed by atoms with Crippen LogP contribution in [0, 0.1) is 11.8 Å². The Balaban J connectivity index is 1.13. The molecule has 0 bridgehead atoms. The predicted octanol–water partition coefficient (Wildman–Crippen LogP) is 0.754. The van der Waals surface area contributed by atoms with E-state index in [0.717, 1.165) is 77.4 Å². The van der Waals surface area contributed by atoms with Gasteiger partial charge in [-0.3, -0.25) is 14.5 Å². The Morgan fingerprint density at radius 1 is 0.966 bits per heavy atom. The highest BCUT2D eigenvalue weighted by Gasteiger charge is 2.28. The SMILES string of the molecule is O=C(NCC1CCN(C(=O)CN2CCN(c3ncccn3)CC2)CC1)C1CCC1. The summed E-state index contributed by atoms with van der Waals surface area (Å²) < 4.78 is 0. The van der Waals surface area contributed by atoms with Crippen LogP contribution in [0.25, 0.3) is 0 Å². The van der Waals surface area contributed by atoms with Gasteiger partial charge in [-0.25, -0.2) is 9.97 Å². The van der Waals surface area contributed by atoms with Gasteiger partial charge in [-0.15, -0.1) is 0 Å². The third-order valence-corrected chi connectivity index (χ3v) is 6.57. The summed E-state index contributed by atoms with van der Waals surface area (Å²) in [7, 11) is 0. The Morgan fingerprint density at radius 3 is 2.28 bits per heavy atom. The van der Waals surface area contributed by atoms with E-state index in [2.05, 4.69) is 25.1 Å². The van der Waals surface area contributed by atoms with Crippen LogP contribution >= 0.6 is 0 Å². The van der Waals surface area contributed by atoms with E-state index in [-0.39, 0.29) is 17.7 Å². The zero-order valence-electron chi connectivity index (χ0n) is 17.1. The lowest BCUT2D eigenvalue weighted by atomic mass is 9.84. The number of hydrogen-bond acceptors (Lipinski definition) is 6. The zero-order chi connectivity index (χ0) is 20.1. The second-order valence-electron chi connectivity index (χ2n) is 8.51. The molecule has 158 valence electrons. The molecule has 1 aliphatic carbocycles. The third-order valence-electron chi connectivity index (χ3n) is 6.57. The molecule has 3 heterocycles. The van der Waals surface area contributed by atoms with Crippen molar-refractivity contribution < 1.29 is 9.59 Å². The van der Waals surface area contributed by atoms with Crippen LogP contribution in [0.4, 0.5) is 5.95 Å². The van der Waals surface area contributed by atoms with Gasteiger partial charge in [-0.05, 0) is 37.7 Å². The van der Waals surface area contributed by atoms with Gasteiger partial charge in [-0.2, -0.15) is 0 Å². The van der Waals surface area contributed by atoms with E-state index in [1.54, 1.807) is 12.4 Å². The van der Waals surface area contributed by atoms with E-state index in [1.807, 2.05) is 11.0 Å². The molecule has 3 fully saturated rings. The first-order valence-electron chi connectivity index (χ1n) is 11.0. The Hall–Kier alpha value is -2.22. The van der Waals surface area contributed by atoms with Crippen molar-refractivity contribution in [2.24, 2.45) is 11.8 Å². The molecule has 0 unspecified atom stereocenters. The lowest BCUT2D eigenvalue weighted by Crippen LogP contribution is -2.51. The number of carbonyl (C=O) groups is 2. The van der Waals surface area contributed by atoms with Crippen LogP contribution < -0.4 is 10.2 Å². The molecule has 2 saturated heterocycles. The van der Waals surface area contributed by atoms with E-state index in [1.165, 1.54) is 6.42 Å². The number of anilines is 1. The standard InChI is InChI=1S/C21H32N6O2/c28-19(16-25-11-13-27(14-12-25)21-22-7-2-8-23-21)26-9-5-17(6-10-26)15-24-20(29)18-3-1-4-18/h2,7-8,17-18H,1,3-6,9-16H2,(H,24,29). The van der Waals surface area contributed by atoms with Gasteiger partial charge in [0.2, 0.25) is 17.8 Å². The molecule has 0 radical (unpaired) electrons. The van der Waals surface area contributed by atoms with E-state index in [0.29, 0.717) is 12.5 Å². The molecule has 8 nitrogen and oxygen atoms in total. The van der Waals surface area contributed by atoms with Gasteiger partial charge in [0.25, 0.3) is 0 Å². The van der Waals surface area contributed by atoms with Gasteiger partial charge in [0.1, 0.15) is 0 Å². The molecule has 2 amide bonds. The van der Waals surface area contributed by atoms with Crippen LogP contribution in [0.3, 0.4) is 0 Å². The highest BCUT2D eigenvalue weighted by atomic mass is 16.2. The van der Waals surface area contributed by atoms with E-state index >= 15 is 0 Å². The Morgan fingerprint density at radius 2 is 1.66 bits per heavy atom. The molecule has 8 heteroatoms. The summed E-state index contributed by atoms with van der Waals surface area (Å²) in [6.45, 7) is 6.27. The number of piperidine rings is 1. The minimum absolute atomic E-state index is 0.228. The number of piperazine rings is 1. The minimum atomic E-state index is 0.228. The number of hydrogen-bond donors (Lipinski definition) is 1. The predicted molar refractivity (Wildman–Crippen MR) is 110 cm³/mol. The van der Waals surface area contributed by atoms with Crippen molar-refractivity contribution in [3.05, 3.63) is 18.5 Å². The van der Waals surface area contributed by atoms with Crippen LogP contribution in [0.15, 0.2) is 18.5 Å². The Labute approximate surface area is 172 Å². The topological polar surface area (TPSA) is 81.7 Å². The summed E-state index contributed by atoms with van der Waals surface area (Å²) in [5, 5.41) is 3.12. The molecule has 0 atom stereocenters. The van der Waals surface area contributed by atoms with E-state index in [9.17, 15) is 9.59 Å². The van der Waals surface area contributed by atoms with Gasteiger partial charge in [0, 0.05) is 64.1 Å². The second-order valence-corrected chi connectivity index (χ2v) is 8.51. The van der Waals surface area contributed by atoms with E-state index < -0.39 is 0 Å². The molecule has 1 aromatic heterocycles. The first-order valence-corrected chi connectivity index (χ1v) is 11.0. The summed E-state index contributed by atoms with van der Waals surface area (Å²) in [6, 6.07) is 1.82. The van der Waals surface area contributed by atoms with Crippen LogP contribution in [-0.4, -0.2) is 83.9 Å². The number of carbonyl (C=O) groups excluding carboxylic acids is 2. The van der Waals surface area contributed by atoms with Gasteiger partial charge in [0.05, 0.1) is 6.54 Å². The molecule has 1 aromatic rings. The average Bonchev–Trinajstić information content (AvgIpc) is 2.72. The molecule has 1 N–H and O–H groups in total. The summed E-state index contributed by atoms with van der Waals surface area (Å²) >= 11 is 0. The highest BCUT2D eigenvalue weighted by Crippen LogP contribution is 2.26. The normalized spacial score (nSPS) is 21.7. The highest BCUT2D eigenvalue weighted by molar-refractivity contribution is 5.79. The van der Waals surface area contributed by atoms with Crippen LogP contribution in [-0.2, 0) is 9.59 Å². The zero-order valence-corrected chi connectivity index (χ0v) is 17.1. The van der Waals surface area contributed by atoms with Gasteiger partial charge in [0.15, 0.2) is 0 Å². The molecule has 29 heavy (non-hydrogen) atoms. The number of likely N-dealkylation sites (tertiary alicyclic amines) is 1. The lowest BCUT2D eigenvalue weighted by Gasteiger charge is -2.37. The fraction of sp³-hybridized carbons (Fsp3) is 0.714. The van der Waals surface area contributed by atoms with Crippen molar-refractivity contribution in [2.75, 3.05) is 57.3 Å². The van der Waals surface area contributed by atoms with Crippen molar-refractivity contribution in [1.29, 1.82) is 0 Å². The van der Waals surface area contributed by atoms with Gasteiger partial charge in [-0.1, -0.05) is 6.42 Å².